The summed E-state index contributed by atoms with van der Waals surface area (Å²) >= 11 is 0. The summed E-state index contributed by atoms with van der Waals surface area (Å²) in [5.74, 6) is -0.224. The molecule has 2 nitrogen and oxygen atoms in total. The number of halogens is 1. The maximum Gasteiger partial charge on any atom is 0.123 e. The van der Waals surface area contributed by atoms with Crippen LogP contribution in [0.4, 0.5) is 4.39 Å². The van der Waals surface area contributed by atoms with E-state index in [9.17, 15) is 4.39 Å². The van der Waals surface area contributed by atoms with E-state index in [4.69, 9.17) is 5.26 Å². The molecule has 74 valence electrons. The maximum absolute atomic E-state index is 12.6. The van der Waals surface area contributed by atoms with Crippen molar-refractivity contribution in [2.24, 2.45) is 0 Å². The Morgan fingerprint density at radius 1 is 1.43 bits per heavy atom. The van der Waals surface area contributed by atoms with Crippen molar-refractivity contribution in [1.82, 2.24) is 5.32 Å². The van der Waals surface area contributed by atoms with Crippen LogP contribution in [0, 0.1) is 17.1 Å². The molecule has 1 rings (SSSR count). The van der Waals surface area contributed by atoms with E-state index in [0.717, 1.165) is 5.56 Å². The lowest BCUT2D eigenvalue weighted by molar-refractivity contribution is 0.579. The van der Waals surface area contributed by atoms with Gasteiger partial charge >= 0.3 is 0 Å². The van der Waals surface area contributed by atoms with Gasteiger partial charge in [-0.05, 0) is 24.6 Å². The molecule has 1 aromatic carbocycles. The van der Waals surface area contributed by atoms with Gasteiger partial charge in [0.1, 0.15) is 5.82 Å². The second-order valence-corrected chi connectivity index (χ2v) is 3.14. The number of nitrogens with zero attached hydrogens (tertiary/aromatic N) is 1. The van der Waals surface area contributed by atoms with Gasteiger partial charge in [-0.15, -0.1) is 0 Å². The van der Waals surface area contributed by atoms with E-state index in [-0.39, 0.29) is 11.9 Å². The van der Waals surface area contributed by atoms with Crippen LogP contribution in [0.5, 0.6) is 0 Å². The lowest BCUT2D eigenvalue weighted by atomic mass is 10.1. The van der Waals surface area contributed by atoms with E-state index < -0.39 is 0 Å². The SMILES string of the molecule is C[C@@H](NCCC#N)c1ccc(F)cc1. The number of nitriles is 1. The average molecular weight is 192 g/mol. The zero-order chi connectivity index (χ0) is 10.4. The van der Waals surface area contributed by atoms with Crippen LogP contribution >= 0.6 is 0 Å². The minimum Gasteiger partial charge on any atom is -0.309 e. The first-order chi connectivity index (χ1) is 6.74. The van der Waals surface area contributed by atoms with Crippen LogP contribution in [-0.4, -0.2) is 6.54 Å². The van der Waals surface area contributed by atoms with Gasteiger partial charge in [0.05, 0.1) is 6.07 Å². The molecule has 0 fully saturated rings. The van der Waals surface area contributed by atoms with Crippen molar-refractivity contribution < 1.29 is 4.39 Å². The molecule has 0 bridgehead atoms. The molecule has 1 atom stereocenters. The first kappa shape index (κ1) is 10.7. The largest absolute Gasteiger partial charge is 0.309 e. The van der Waals surface area contributed by atoms with Gasteiger partial charge in [0, 0.05) is 19.0 Å². The van der Waals surface area contributed by atoms with Gasteiger partial charge in [-0.1, -0.05) is 12.1 Å². The van der Waals surface area contributed by atoms with Crippen molar-refractivity contribution in [2.75, 3.05) is 6.54 Å². The first-order valence-electron chi connectivity index (χ1n) is 4.60. The predicted octanol–water partition coefficient (Wildman–Crippen LogP) is 2.39. The normalized spacial score (nSPS) is 12.1. The molecule has 0 unspecified atom stereocenters. The van der Waals surface area contributed by atoms with Crippen LogP contribution in [0.1, 0.15) is 24.9 Å². The van der Waals surface area contributed by atoms with Gasteiger partial charge in [0.15, 0.2) is 0 Å². The second-order valence-electron chi connectivity index (χ2n) is 3.14. The highest BCUT2D eigenvalue weighted by Crippen LogP contribution is 2.12. The Bertz CT molecular complexity index is 313. The predicted molar refractivity (Wildman–Crippen MR) is 53.0 cm³/mol. The monoisotopic (exact) mass is 192 g/mol. The minimum absolute atomic E-state index is 0.156. The molecule has 0 radical (unpaired) electrons. The molecular formula is C11H13FN2. The molecule has 0 saturated heterocycles. The van der Waals surface area contributed by atoms with Crippen LogP contribution in [-0.2, 0) is 0 Å². The van der Waals surface area contributed by atoms with Crippen LogP contribution < -0.4 is 5.32 Å². The summed E-state index contributed by atoms with van der Waals surface area (Å²) in [6.07, 6.45) is 0.492. The van der Waals surface area contributed by atoms with E-state index in [1.807, 2.05) is 6.92 Å². The number of nitrogens with one attached hydrogen (secondary N) is 1. The quantitative estimate of drug-likeness (QED) is 0.743. The lowest BCUT2D eigenvalue weighted by Gasteiger charge is -2.12. The van der Waals surface area contributed by atoms with Crippen LogP contribution in [0.2, 0.25) is 0 Å². The van der Waals surface area contributed by atoms with E-state index in [2.05, 4.69) is 11.4 Å². The standard InChI is InChI=1S/C11H13FN2/c1-9(14-8-2-7-13)10-3-5-11(12)6-4-10/h3-6,9,14H,2,8H2,1H3/t9-/m1/s1. The smallest absolute Gasteiger partial charge is 0.123 e. The van der Waals surface area contributed by atoms with Crippen molar-refractivity contribution in [2.45, 2.75) is 19.4 Å². The highest BCUT2D eigenvalue weighted by atomic mass is 19.1. The fourth-order valence-electron chi connectivity index (χ4n) is 1.21. The van der Waals surface area contributed by atoms with E-state index in [1.54, 1.807) is 12.1 Å². The molecule has 0 amide bonds. The summed E-state index contributed by atoms with van der Waals surface area (Å²) in [6, 6.07) is 8.60. The summed E-state index contributed by atoms with van der Waals surface area (Å²) in [5, 5.41) is 11.5. The number of rotatable bonds is 4. The molecule has 1 N–H and O–H groups in total. The lowest BCUT2D eigenvalue weighted by Crippen LogP contribution is -2.19. The molecule has 0 aliphatic heterocycles. The van der Waals surface area contributed by atoms with Gasteiger partial charge < -0.3 is 5.32 Å². The molecule has 14 heavy (non-hydrogen) atoms. The second kappa shape index (κ2) is 5.36. The zero-order valence-corrected chi connectivity index (χ0v) is 8.13. The van der Waals surface area contributed by atoms with Crippen LogP contribution in [0.3, 0.4) is 0 Å². The van der Waals surface area contributed by atoms with Crippen LogP contribution in [0.25, 0.3) is 0 Å². The third-order valence-corrected chi connectivity index (χ3v) is 2.06. The van der Waals surface area contributed by atoms with Crippen LogP contribution in [0.15, 0.2) is 24.3 Å². The molecule has 0 saturated carbocycles. The highest BCUT2D eigenvalue weighted by molar-refractivity contribution is 5.19. The number of hydrogen-bond donors (Lipinski definition) is 1. The van der Waals surface area contributed by atoms with Crippen molar-refractivity contribution in [1.29, 1.82) is 5.26 Å². The molecule has 0 heterocycles. The average Bonchev–Trinajstić information content (AvgIpc) is 2.19. The molecular weight excluding hydrogens is 179 g/mol. The first-order valence-corrected chi connectivity index (χ1v) is 4.60. The molecule has 1 aromatic rings. The fourth-order valence-corrected chi connectivity index (χ4v) is 1.21. The van der Waals surface area contributed by atoms with Crippen molar-refractivity contribution in [3.63, 3.8) is 0 Å². The Hall–Kier alpha value is -1.40. The van der Waals surface area contributed by atoms with Gasteiger partial charge in [-0.25, -0.2) is 4.39 Å². The summed E-state index contributed by atoms with van der Waals surface area (Å²) in [6.45, 7) is 2.65. The maximum atomic E-state index is 12.6. The fraction of sp³-hybridized carbons (Fsp3) is 0.364. The van der Waals surface area contributed by atoms with E-state index in [1.165, 1.54) is 12.1 Å². The number of benzene rings is 1. The van der Waals surface area contributed by atoms with Gasteiger partial charge in [0.2, 0.25) is 0 Å². The van der Waals surface area contributed by atoms with Gasteiger partial charge in [-0.3, -0.25) is 0 Å². The topological polar surface area (TPSA) is 35.8 Å². The Balaban J connectivity index is 2.48. The minimum atomic E-state index is -0.224. The van der Waals surface area contributed by atoms with E-state index in [0.29, 0.717) is 13.0 Å². The molecule has 0 aliphatic carbocycles. The molecule has 0 aromatic heterocycles. The Kier molecular flexibility index (Phi) is 4.09. The molecule has 0 spiro atoms. The third-order valence-electron chi connectivity index (χ3n) is 2.06. The summed E-state index contributed by atoms with van der Waals surface area (Å²) in [4.78, 5) is 0. The third kappa shape index (κ3) is 3.15. The van der Waals surface area contributed by atoms with Gasteiger partial charge in [-0.2, -0.15) is 5.26 Å². The Morgan fingerprint density at radius 2 is 2.07 bits per heavy atom. The molecule has 0 aliphatic rings. The highest BCUT2D eigenvalue weighted by Gasteiger charge is 2.03. The van der Waals surface area contributed by atoms with Crippen molar-refractivity contribution >= 4 is 0 Å². The summed E-state index contributed by atoms with van der Waals surface area (Å²) < 4.78 is 12.6. The zero-order valence-electron chi connectivity index (χ0n) is 8.13. The summed E-state index contributed by atoms with van der Waals surface area (Å²) in [5.41, 5.74) is 1.03. The van der Waals surface area contributed by atoms with Crippen molar-refractivity contribution in [3.05, 3.63) is 35.6 Å². The van der Waals surface area contributed by atoms with E-state index >= 15 is 0 Å². The Morgan fingerprint density at radius 3 is 2.64 bits per heavy atom. The number of hydrogen-bond acceptors (Lipinski definition) is 2. The Labute approximate surface area is 83.4 Å². The summed E-state index contributed by atoms with van der Waals surface area (Å²) in [7, 11) is 0. The molecule has 3 heteroatoms. The van der Waals surface area contributed by atoms with Crippen molar-refractivity contribution in [3.8, 4) is 6.07 Å². The van der Waals surface area contributed by atoms with Gasteiger partial charge in [0.25, 0.3) is 0 Å².